The van der Waals surface area contributed by atoms with E-state index in [4.69, 9.17) is 9.47 Å². The third-order valence-corrected chi connectivity index (χ3v) is 6.19. The van der Waals surface area contributed by atoms with E-state index in [0.717, 1.165) is 16.7 Å². The Balaban J connectivity index is 1.56. The van der Waals surface area contributed by atoms with Gasteiger partial charge in [-0.25, -0.2) is 8.42 Å². The number of sulfonamides is 1. The average Bonchev–Trinajstić information content (AvgIpc) is 2.79. The molecule has 0 fully saturated rings. The first kappa shape index (κ1) is 23.1. The number of hydrogen-bond acceptors (Lipinski definition) is 5. The van der Waals surface area contributed by atoms with E-state index in [0.29, 0.717) is 23.7 Å². The summed E-state index contributed by atoms with van der Waals surface area (Å²) in [7, 11) is -2.17. The van der Waals surface area contributed by atoms with Crippen molar-refractivity contribution >= 4 is 21.6 Å². The number of carbonyl (C=O) groups excluding carboxylic acids is 1. The second-order valence-electron chi connectivity index (χ2n) is 7.27. The second-order valence-corrected chi connectivity index (χ2v) is 8.95. The summed E-state index contributed by atoms with van der Waals surface area (Å²) in [6.45, 7) is 3.86. The highest BCUT2D eigenvalue weighted by atomic mass is 32.2. The highest BCUT2D eigenvalue weighted by Crippen LogP contribution is 2.22. The quantitative estimate of drug-likeness (QED) is 0.513. The molecule has 0 saturated carbocycles. The molecule has 168 valence electrons. The lowest BCUT2D eigenvalue weighted by molar-refractivity contribution is -0.123. The van der Waals surface area contributed by atoms with Gasteiger partial charge in [0.15, 0.2) is 6.61 Å². The van der Waals surface area contributed by atoms with E-state index < -0.39 is 10.0 Å². The summed E-state index contributed by atoms with van der Waals surface area (Å²) in [4.78, 5) is 12.2. The molecule has 1 amide bonds. The first-order chi connectivity index (χ1) is 15.3. The van der Waals surface area contributed by atoms with Crippen LogP contribution in [-0.4, -0.2) is 28.0 Å². The van der Waals surface area contributed by atoms with Crippen molar-refractivity contribution in [1.82, 2.24) is 5.32 Å². The van der Waals surface area contributed by atoms with Crippen molar-refractivity contribution in [2.75, 3.05) is 18.4 Å². The standard InChI is InChI=1S/C24H26N2O5S/c1-17-8-9-18(2)22(14-17)26-32(28,29)21-12-10-20(11-13-21)31-16-24(27)25-15-19-6-4-5-7-23(19)30-3/h4-14,26H,15-16H2,1-3H3,(H,25,27). The zero-order valence-corrected chi connectivity index (χ0v) is 19.0. The predicted octanol–water partition coefficient (Wildman–Crippen LogP) is 3.81. The van der Waals surface area contributed by atoms with Crippen LogP contribution >= 0.6 is 0 Å². The first-order valence-corrected chi connectivity index (χ1v) is 11.5. The maximum absolute atomic E-state index is 12.7. The number of methoxy groups -OCH3 is 1. The van der Waals surface area contributed by atoms with Crippen molar-refractivity contribution in [3.05, 3.63) is 83.4 Å². The molecule has 7 nitrogen and oxygen atoms in total. The van der Waals surface area contributed by atoms with Gasteiger partial charge in [0.2, 0.25) is 0 Å². The number of anilines is 1. The monoisotopic (exact) mass is 454 g/mol. The molecule has 32 heavy (non-hydrogen) atoms. The second kappa shape index (κ2) is 10.2. The fraction of sp³-hybridized carbons (Fsp3) is 0.208. The number of carbonyl (C=O) groups is 1. The smallest absolute Gasteiger partial charge is 0.261 e. The van der Waals surface area contributed by atoms with Crippen LogP contribution in [0.2, 0.25) is 0 Å². The Hall–Kier alpha value is -3.52. The van der Waals surface area contributed by atoms with Crippen LogP contribution < -0.4 is 19.5 Å². The van der Waals surface area contributed by atoms with Gasteiger partial charge in [0, 0.05) is 12.1 Å². The zero-order chi connectivity index (χ0) is 23.1. The first-order valence-electron chi connectivity index (χ1n) is 10.00. The van der Waals surface area contributed by atoms with Gasteiger partial charge < -0.3 is 14.8 Å². The lowest BCUT2D eigenvalue weighted by Crippen LogP contribution is -2.28. The van der Waals surface area contributed by atoms with Gasteiger partial charge in [-0.3, -0.25) is 9.52 Å². The summed E-state index contributed by atoms with van der Waals surface area (Å²) in [6.07, 6.45) is 0. The van der Waals surface area contributed by atoms with E-state index in [1.807, 2.05) is 50.2 Å². The molecule has 8 heteroatoms. The Morgan fingerprint density at radius 2 is 1.69 bits per heavy atom. The normalized spacial score (nSPS) is 11.0. The van der Waals surface area contributed by atoms with Crippen molar-refractivity contribution in [1.29, 1.82) is 0 Å². The molecule has 0 aliphatic heterocycles. The number of nitrogens with one attached hydrogen (secondary N) is 2. The van der Waals surface area contributed by atoms with E-state index in [1.165, 1.54) is 24.3 Å². The summed E-state index contributed by atoms with van der Waals surface area (Å²) >= 11 is 0. The van der Waals surface area contributed by atoms with Crippen LogP contribution in [-0.2, 0) is 21.4 Å². The molecule has 3 rings (SSSR count). The number of para-hydroxylation sites is 1. The van der Waals surface area contributed by atoms with E-state index in [2.05, 4.69) is 10.0 Å². The van der Waals surface area contributed by atoms with E-state index in [1.54, 1.807) is 13.2 Å². The minimum Gasteiger partial charge on any atom is -0.496 e. The van der Waals surface area contributed by atoms with Crippen LogP contribution in [0.4, 0.5) is 5.69 Å². The summed E-state index contributed by atoms with van der Waals surface area (Å²) < 4.78 is 38.7. The van der Waals surface area contributed by atoms with Crippen molar-refractivity contribution in [3.8, 4) is 11.5 Å². The molecule has 0 aliphatic carbocycles. The summed E-state index contributed by atoms with van der Waals surface area (Å²) in [5.74, 6) is 0.785. The Bertz CT molecular complexity index is 1190. The van der Waals surface area contributed by atoms with E-state index in [9.17, 15) is 13.2 Å². The third-order valence-electron chi connectivity index (χ3n) is 4.81. The highest BCUT2D eigenvalue weighted by Gasteiger charge is 2.16. The molecule has 0 spiro atoms. The molecule has 0 unspecified atom stereocenters. The van der Waals surface area contributed by atoms with Crippen LogP contribution in [0, 0.1) is 13.8 Å². The predicted molar refractivity (Wildman–Crippen MR) is 124 cm³/mol. The number of benzene rings is 3. The average molecular weight is 455 g/mol. The molecule has 0 saturated heterocycles. The van der Waals surface area contributed by atoms with Crippen molar-refractivity contribution in [2.24, 2.45) is 0 Å². The van der Waals surface area contributed by atoms with Gasteiger partial charge in [-0.1, -0.05) is 30.3 Å². The SMILES string of the molecule is COc1ccccc1CNC(=O)COc1ccc(S(=O)(=O)Nc2cc(C)ccc2C)cc1. The Morgan fingerprint density at radius 3 is 2.41 bits per heavy atom. The molecule has 0 heterocycles. The lowest BCUT2D eigenvalue weighted by Gasteiger charge is -2.12. The zero-order valence-electron chi connectivity index (χ0n) is 18.2. The van der Waals surface area contributed by atoms with Gasteiger partial charge in [0.1, 0.15) is 11.5 Å². The van der Waals surface area contributed by atoms with Gasteiger partial charge in [-0.15, -0.1) is 0 Å². The van der Waals surface area contributed by atoms with Gasteiger partial charge in [0.25, 0.3) is 15.9 Å². The Labute approximate surface area is 188 Å². The van der Waals surface area contributed by atoms with Gasteiger partial charge in [0.05, 0.1) is 17.7 Å². The topological polar surface area (TPSA) is 93.7 Å². The number of aryl methyl sites for hydroxylation is 2. The molecule has 3 aromatic rings. The summed E-state index contributed by atoms with van der Waals surface area (Å²) in [5, 5.41) is 2.77. The number of hydrogen-bond donors (Lipinski definition) is 2. The molecule has 0 aliphatic rings. The maximum Gasteiger partial charge on any atom is 0.261 e. The van der Waals surface area contributed by atoms with Crippen molar-refractivity contribution < 1.29 is 22.7 Å². The maximum atomic E-state index is 12.7. The van der Waals surface area contributed by atoms with Crippen molar-refractivity contribution in [2.45, 2.75) is 25.3 Å². The molecule has 0 atom stereocenters. The van der Waals surface area contributed by atoms with Crippen LogP contribution in [0.1, 0.15) is 16.7 Å². The Kier molecular flexibility index (Phi) is 7.37. The minimum atomic E-state index is -3.74. The minimum absolute atomic E-state index is 0.103. The van der Waals surface area contributed by atoms with Crippen LogP contribution in [0.3, 0.4) is 0 Å². The van der Waals surface area contributed by atoms with E-state index in [-0.39, 0.29) is 17.4 Å². The molecule has 3 aromatic carbocycles. The third kappa shape index (κ3) is 6.01. The molecular formula is C24H26N2O5S. The number of amides is 1. The van der Waals surface area contributed by atoms with Gasteiger partial charge >= 0.3 is 0 Å². The summed E-state index contributed by atoms with van der Waals surface area (Å²) in [6, 6.07) is 18.9. The van der Waals surface area contributed by atoms with E-state index >= 15 is 0 Å². The molecular weight excluding hydrogens is 428 g/mol. The lowest BCUT2D eigenvalue weighted by atomic mass is 10.1. The fourth-order valence-electron chi connectivity index (χ4n) is 3.01. The molecule has 0 aromatic heterocycles. The van der Waals surface area contributed by atoms with Crippen molar-refractivity contribution in [3.63, 3.8) is 0 Å². The fourth-order valence-corrected chi connectivity index (χ4v) is 4.13. The van der Waals surface area contributed by atoms with Crippen LogP contribution in [0.5, 0.6) is 11.5 Å². The van der Waals surface area contributed by atoms with Crippen LogP contribution in [0.25, 0.3) is 0 Å². The highest BCUT2D eigenvalue weighted by molar-refractivity contribution is 7.92. The molecule has 0 bridgehead atoms. The molecule has 2 N–H and O–H groups in total. The van der Waals surface area contributed by atoms with Crippen LogP contribution in [0.15, 0.2) is 71.6 Å². The largest absolute Gasteiger partial charge is 0.496 e. The van der Waals surface area contributed by atoms with Gasteiger partial charge in [-0.2, -0.15) is 0 Å². The summed E-state index contributed by atoms with van der Waals surface area (Å²) in [5.41, 5.74) is 3.19. The number of ether oxygens (including phenoxy) is 2. The van der Waals surface area contributed by atoms with Gasteiger partial charge in [-0.05, 0) is 61.4 Å². The number of rotatable bonds is 9. The Morgan fingerprint density at radius 1 is 0.969 bits per heavy atom. The molecule has 0 radical (unpaired) electrons.